The first kappa shape index (κ1) is 9.15. The molecule has 0 saturated heterocycles. The highest BCUT2D eigenvalue weighted by molar-refractivity contribution is 5.55. The molecule has 1 aliphatic rings. The van der Waals surface area contributed by atoms with Crippen molar-refractivity contribution in [1.82, 2.24) is 0 Å². The summed E-state index contributed by atoms with van der Waals surface area (Å²) in [7, 11) is 0. The first-order chi connectivity index (χ1) is 5.37. The lowest BCUT2D eigenvalue weighted by Crippen LogP contribution is -2.55. The average molecular weight is 183 g/mol. The summed E-state index contributed by atoms with van der Waals surface area (Å²) in [5.41, 5.74) is -2.48. The maximum atomic E-state index is 12.1. The zero-order chi connectivity index (χ0) is 9.41. The third-order valence-electron chi connectivity index (χ3n) is 1.96. The summed E-state index contributed by atoms with van der Waals surface area (Å²) in [5.74, 6) is 0. The highest BCUT2D eigenvalue weighted by Gasteiger charge is 2.58. The molecule has 0 heterocycles. The quantitative estimate of drug-likeness (QED) is 0.565. The van der Waals surface area contributed by atoms with E-state index in [4.69, 9.17) is 0 Å². The van der Waals surface area contributed by atoms with E-state index in [0.29, 0.717) is 6.42 Å². The normalized spacial score (nSPS) is 21.2. The predicted molar refractivity (Wildman–Crippen MR) is 29.1 cm³/mol. The number of hydrogen-bond acceptors (Lipinski definition) is 3. The van der Waals surface area contributed by atoms with Gasteiger partial charge in [-0.15, -0.1) is 0 Å². The molecule has 0 aliphatic heterocycles. The highest BCUT2D eigenvalue weighted by Crippen LogP contribution is 2.47. The Kier molecular flexibility index (Phi) is 1.93. The van der Waals surface area contributed by atoms with E-state index in [1.807, 2.05) is 0 Å². The number of alkyl halides is 3. The van der Waals surface area contributed by atoms with Crippen LogP contribution in [0.4, 0.5) is 18.0 Å². The van der Waals surface area contributed by atoms with Gasteiger partial charge in [0.2, 0.25) is 0 Å². The Bertz CT molecular complexity index is 195. The smallest absolute Gasteiger partial charge is 0.411 e. The molecule has 0 amide bonds. The average Bonchev–Trinajstić information content (AvgIpc) is 1.74. The van der Waals surface area contributed by atoms with E-state index in [1.54, 1.807) is 0 Å². The van der Waals surface area contributed by atoms with Gasteiger partial charge in [0.25, 0.3) is 6.16 Å². The maximum Gasteiger partial charge on any atom is 0.411 e. The van der Waals surface area contributed by atoms with Gasteiger partial charge in [0, 0.05) is 0 Å². The van der Waals surface area contributed by atoms with Gasteiger partial charge in [-0.25, -0.2) is 0 Å². The first-order valence-corrected chi connectivity index (χ1v) is 3.34. The van der Waals surface area contributed by atoms with Gasteiger partial charge in [-0.2, -0.15) is 13.2 Å². The van der Waals surface area contributed by atoms with Crippen LogP contribution in [-0.4, -0.2) is 17.9 Å². The Labute approximate surface area is 66.1 Å². The second-order valence-electron chi connectivity index (χ2n) is 2.70. The van der Waals surface area contributed by atoms with Crippen molar-refractivity contribution in [2.24, 2.45) is 0 Å². The van der Waals surface area contributed by atoms with Gasteiger partial charge in [0.1, 0.15) is 5.60 Å². The molecule has 0 aromatic rings. The van der Waals surface area contributed by atoms with Crippen LogP contribution in [0, 0.1) is 0 Å². The molecule has 0 aromatic carbocycles. The van der Waals surface area contributed by atoms with Crippen molar-refractivity contribution in [2.75, 3.05) is 0 Å². The number of ether oxygens (including phenoxy) is 1. The third kappa shape index (κ3) is 1.33. The number of rotatable bonds is 1. The van der Waals surface area contributed by atoms with Crippen molar-refractivity contribution in [3.63, 3.8) is 0 Å². The monoisotopic (exact) mass is 183 g/mol. The minimum absolute atomic E-state index is 0.301. The van der Waals surface area contributed by atoms with Crippen LogP contribution in [0.15, 0.2) is 0 Å². The molecule has 6 heteroatoms. The zero-order valence-corrected chi connectivity index (χ0v) is 5.98. The molecule has 0 atom stereocenters. The molecular formula is C6H6F3O3-. The predicted octanol–water partition coefficient (Wildman–Crippen LogP) is 0.831. The van der Waals surface area contributed by atoms with Gasteiger partial charge < -0.3 is 14.6 Å². The van der Waals surface area contributed by atoms with E-state index in [1.165, 1.54) is 0 Å². The van der Waals surface area contributed by atoms with E-state index < -0.39 is 17.9 Å². The first-order valence-electron chi connectivity index (χ1n) is 3.34. The van der Waals surface area contributed by atoms with Crippen molar-refractivity contribution in [3.8, 4) is 0 Å². The fraction of sp³-hybridized carbons (Fsp3) is 0.833. The van der Waals surface area contributed by atoms with Gasteiger partial charge >= 0.3 is 6.18 Å². The van der Waals surface area contributed by atoms with Crippen LogP contribution in [0.2, 0.25) is 0 Å². The lowest BCUT2D eigenvalue weighted by Gasteiger charge is -2.45. The van der Waals surface area contributed by atoms with Crippen LogP contribution in [0.5, 0.6) is 0 Å². The molecule has 12 heavy (non-hydrogen) atoms. The Hall–Kier alpha value is -0.940. The summed E-state index contributed by atoms with van der Waals surface area (Å²) in [4.78, 5) is 9.82. The number of carbonyl (C=O) groups excluding carboxylic acids is 1. The molecule has 1 rings (SSSR count). The van der Waals surface area contributed by atoms with Crippen LogP contribution in [0.3, 0.4) is 0 Å². The fourth-order valence-corrected chi connectivity index (χ4v) is 1.10. The molecule has 70 valence electrons. The second-order valence-corrected chi connectivity index (χ2v) is 2.70. The zero-order valence-electron chi connectivity index (χ0n) is 5.98. The SMILES string of the molecule is O=C([O-])OC1(C(F)(F)F)CCC1. The molecule has 1 saturated carbocycles. The van der Waals surface area contributed by atoms with Gasteiger partial charge in [-0.3, -0.25) is 0 Å². The largest absolute Gasteiger partial charge is 0.534 e. The Morgan fingerprint density at radius 1 is 1.42 bits per heavy atom. The molecule has 0 radical (unpaired) electrons. The van der Waals surface area contributed by atoms with Gasteiger partial charge in [-0.05, 0) is 19.3 Å². The summed E-state index contributed by atoms with van der Waals surface area (Å²) in [6, 6.07) is 0. The number of hydrogen-bond donors (Lipinski definition) is 0. The Morgan fingerprint density at radius 2 is 1.92 bits per heavy atom. The highest BCUT2D eigenvalue weighted by atomic mass is 19.4. The Morgan fingerprint density at radius 3 is 2.00 bits per heavy atom. The van der Waals surface area contributed by atoms with E-state index in [2.05, 4.69) is 4.74 Å². The van der Waals surface area contributed by atoms with Crippen LogP contribution in [0.1, 0.15) is 19.3 Å². The van der Waals surface area contributed by atoms with Gasteiger partial charge in [0.15, 0.2) is 0 Å². The van der Waals surface area contributed by atoms with E-state index in [-0.39, 0.29) is 12.8 Å². The number of carbonyl (C=O) groups is 1. The van der Waals surface area contributed by atoms with Gasteiger partial charge in [-0.1, -0.05) is 0 Å². The van der Waals surface area contributed by atoms with Crippen LogP contribution < -0.4 is 5.11 Å². The molecule has 0 N–H and O–H groups in total. The molecular weight excluding hydrogens is 177 g/mol. The molecule has 1 fully saturated rings. The van der Waals surface area contributed by atoms with Gasteiger partial charge in [0.05, 0.1) is 0 Å². The van der Waals surface area contributed by atoms with Crippen LogP contribution in [-0.2, 0) is 4.74 Å². The summed E-state index contributed by atoms with van der Waals surface area (Å²) in [6.07, 6.45) is -7.01. The lowest BCUT2D eigenvalue weighted by atomic mass is 9.79. The molecule has 0 spiro atoms. The van der Waals surface area contributed by atoms with Crippen LogP contribution in [0.25, 0.3) is 0 Å². The Balaban J connectivity index is 2.70. The van der Waals surface area contributed by atoms with E-state index in [0.717, 1.165) is 0 Å². The van der Waals surface area contributed by atoms with Crippen molar-refractivity contribution < 1.29 is 27.8 Å². The van der Waals surface area contributed by atoms with Crippen molar-refractivity contribution in [3.05, 3.63) is 0 Å². The fourth-order valence-electron chi connectivity index (χ4n) is 1.10. The minimum atomic E-state index is -4.62. The molecule has 0 unspecified atom stereocenters. The maximum absolute atomic E-state index is 12.1. The number of carboxylic acid groups (broad SMARTS) is 1. The number of halogens is 3. The lowest BCUT2D eigenvalue weighted by molar-refractivity contribution is -0.344. The third-order valence-corrected chi connectivity index (χ3v) is 1.96. The molecule has 0 bridgehead atoms. The summed E-state index contributed by atoms with van der Waals surface area (Å²) in [6.45, 7) is 0. The van der Waals surface area contributed by atoms with E-state index in [9.17, 15) is 23.1 Å². The molecule has 1 aliphatic carbocycles. The van der Waals surface area contributed by atoms with Crippen molar-refractivity contribution in [2.45, 2.75) is 31.0 Å². The second kappa shape index (κ2) is 2.53. The standard InChI is InChI=1S/C6H7F3O3/c7-6(8,9)5(2-1-3-5)12-4(10)11/h1-3H2,(H,10,11)/p-1. The van der Waals surface area contributed by atoms with Crippen molar-refractivity contribution in [1.29, 1.82) is 0 Å². The topological polar surface area (TPSA) is 49.4 Å². The molecule has 0 aromatic heterocycles. The molecule has 3 nitrogen and oxygen atoms in total. The van der Waals surface area contributed by atoms with Crippen LogP contribution >= 0.6 is 0 Å². The summed E-state index contributed by atoms with van der Waals surface area (Å²) >= 11 is 0. The minimum Gasteiger partial charge on any atom is -0.534 e. The van der Waals surface area contributed by atoms with E-state index >= 15 is 0 Å². The summed E-state index contributed by atoms with van der Waals surface area (Å²) in [5, 5.41) is 9.82. The summed E-state index contributed by atoms with van der Waals surface area (Å²) < 4.78 is 40.0. The van der Waals surface area contributed by atoms with Crippen molar-refractivity contribution >= 4 is 6.16 Å².